The van der Waals surface area contributed by atoms with Crippen molar-refractivity contribution in [3.63, 3.8) is 0 Å². The van der Waals surface area contributed by atoms with Crippen molar-refractivity contribution in [3.8, 4) is 0 Å². The normalized spacial score (nSPS) is 21.8. The van der Waals surface area contributed by atoms with Gasteiger partial charge in [-0.1, -0.05) is 44.5 Å². The molecule has 0 radical (unpaired) electrons. The monoisotopic (exact) mass is 259 g/mol. The molecular formula is C17H25NO. The van der Waals surface area contributed by atoms with Crippen molar-refractivity contribution < 1.29 is 5.11 Å². The molecule has 0 aliphatic carbocycles. The van der Waals surface area contributed by atoms with Crippen LogP contribution in [0.25, 0.3) is 0 Å². The topological polar surface area (TPSA) is 32.3 Å². The summed E-state index contributed by atoms with van der Waals surface area (Å²) in [5.41, 5.74) is 2.74. The predicted molar refractivity (Wildman–Crippen MR) is 81.5 cm³/mol. The minimum atomic E-state index is 0.0584. The second-order valence-corrected chi connectivity index (χ2v) is 6.06. The molecule has 1 aromatic rings. The summed E-state index contributed by atoms with van der Waals surface area (Å²) in [6.07, 6.45) is 5.13. The number of aliphatic hydroxyl groups is 1. The molecule has 0 fully saturated rings. The van der Waals surface area contributed by atoms with Crippen LogP contribution >= 0.6 is 0 Å². The van der Waals surface area contributed by atoms with Crippen LogP contribution in [-0.4, -0.2) is 17.8 Å². The summed E-state index contributed by atoms with van der Waals surface area (Å²) < 4.78 is 0. The number of unbranched alkanes of at least 4 members (excludes halogenated alkanes) is 1. The minimum Gasteiger partial charge on any atom is -0.396 e. The Balaban J connectivity index is 2.23. The minimum absolute atomic E-state index is 0.0584. The third-order valence-electron chi connectivity index (χ3n) is 4.32. The van der Waals surface area contributed by atoms with E-state index in [1.54, 1.807) is 0 Å². The van der Waals surface area contributed by atoms with Crippen LogP contribution in [0, 0.1) is 5.41 Å². The summed E-state index contributed by atoms with van der Waals surface area (Å²) in [4.78, 5) is 0. The zero-order valence-corrected chi connectivity index (χ0v) is 12.0. The Morgan fingerprint density at radius 2 is 2.05 bits per heavy atom. The van der Waals surface area contributed by atoms with Crippen LogP contribution in [0.4, 0.5) is 5.69 Å². The molecule has 0 spiro atoms. The second kappa shape index (κ2) is 5.79. The molecule has 0 saturated carbocycles. The summed E-state index contributed by atoms with van der Waals surface area (Å²) in [6.45, 7) is 8.76. The second-order valence-electron chi connectivity index (χ2n) is 6.06. The number of aliphatic hydroxyl groups excluding tert-OH is 1. The number of nitrogens with one attached hydrogen (secondary N) is 1. The van der Waals surface area contributed by atoms with Gasteiger partial charge in [-0.05, 0) is 24.5 Å². The number of anilines is 1. The molecule has 104 valence electrons. The maximum Gasteiger partial charge on any atom is 0.0431 e. The SMILES string of the molecule is C=CC(C)(C)C1Nc2ccccc2C1CCCCO. The highest BCUT2D eigenvalue weighted by molar-refractivity contribution is 5.60. The van der Waals surface area contributed by atoms with E-state index in [0.29, 0.717) is 12.0 Å². The van der Waals surface area contributed by atoms with E-state index < -0.39 is 0 Å². The highest BCUT2D eigenvalue weighted by Crippen LogP contribution is 2.45. The van der Waals surface area contributed by atoms with Crippen molar-refractivity contribution in [2.45, 2.75) is 45.1 Å². The smallest absolute Gasteiger partial charge is 0.0431 e. The van der Waals surface area contributed by atoms with E-state index in [0.717, 1.165) is 19.3 Å². The molecule has 1 aliphatic rings. The highest BCUT2D eigenvalue weighted by Gasteiger charge is 2.39. The fraction of sp³-hybridized carbons (Fsp3) is 0.529. The molecule has 2 nitrogen and oxygen atoms in total. The summed E-state index contributed by atoms with van der Waals surface area (Å²) >= 11 is 0. The Morgan fingerprint density at radius 1 is 1.32 bits per heavy atom. The molecule has 0 saturated heterocycles. The number of fused-ring (bicyclic) bond motifs is 1. The molecule has 19 heavy (non-hydrogen) atoms. The van der Waals surface area contributed by atoms with Crippen LogP contribution in [0.15, 0.2) is 36.9 Å². The summed E-state index contributed by atoms with van der Waals surface area (Å²) in [5.74, 6) is 0.510. The number of benzene rings is 1. The molecular weight excluding hydrogens is 234 g/mol. The van der Waals surface area contributed by atoms with Gasteiger partial charge in [-0.25, -0.2) is 0 Å². The van der Waals surface area contributed by atoms with Crippen molar-refractivity contribution >= 4 is 5.69 Å². The standard InChI is InChI=1S/C17H25NO/c1-4-17(2,3)16-14(10-7-8-12-19)13-9-5-6-11-15(13)18-16/h4-6,9,11,14,16,18-19H,1,7-8,10,12H2,2-3H3. The van der Waals surface area contributed by atoms with E-state index in [-0.39, 0.29) is 12.0 Å². The van der Waals surface area contributed by atoms with Gasteiger partial charge in [0.05, 0.1) is 0 Å². The Bertz CT molecular complexity index is 439. The van der Waals surface area contributed by atoms with E-state index in [2.05, 4.69) is 56.1 Å². The molecule has 2 atom stereocenters. The average molecular weight is 259 g/mol. The van der Waals surface area contributed by atoms with Gasteiger partial charge in [0.1, 0.15) is 0 Å². The molecule has 2 rings (SSSR count). The first-order valence-electron chi connectivity index (χ1n) is 7.20. The summed E-state index contributed by atoms with van der Waals surface area (Å²) in [7, 11) is 0. The number of hydrogen-bond donors (Lipinski definition) is 2. The van der Waals surface area contributed by atoms with Crippen LogP contribution < -0.4 is 5.32 Å². The average Bonchev–Trinajstić information content (AvgIpc) is 2.79. The van der Waals surface area contributed by atoms with E-state index in [4.69, 9.17) is 5.11 Å². The molecule has 0 aromatic heterocycles. The third kappa shape index (κ3) is 2.84. The van der Waals surface area contributed by atoms with Gasteiger partial charge in [0.2, 0.25) is 0 Å². The third-order valence-corrected chi connectivity index (χ3v) is 4.32. The van der Waals surface area contributed by atoms with E-state index in [1.165, 1.54) is 11.3 Å². The molecule has 1 heterocycles. The van der Waals surface area contributed by atoms with Crippen LogP contribution in [0.5, 0.6) is 0 Å². The molecule has 2 unspecified atom stereocenters. The van der Waals surface area contributed by atoms with Crippen molar-refractivity contribution in [3.05, 3.63) is 42.5 Å². The fourth-order valence-electron chi connectivity index (χ4n) is 3.03. The van der Waals surface area contributed by atoms with E-state index in [1.807, 2.05) is 0 Å². The van der Waals surface area contributed by atoms with Crippen molar-refractivity contribution in [2.75, 3.05) is 11.9 Å². The van der Waals surface area contributed by atoms with Crippen LogP contribution in [0.3, 0.4) is 0 Å². The highest BCUT2D eigenvalue weighted by atomic mass is 16.2. The van der Waals surface area contributed by atoms with Gasteiger partial charge >= 0.3 is 0 Å². The molecule has 1 aromatic carbocycles. The molecule has 1 aliphatic heterocycles. The molecule has 2 heteroatoms. The maximum absolute atomic E-state index is 8.98. The zero-order valence-electron chi connectivity index (χ0n) is 12.0. The van der Waals surface area contributed by atoms with Crippen LogP contribution in [0.2, 0.25) is 0 Å². The van der Waals surface area contributed by atoms with Crippen molar-refractivity contribution in [2.24, 2.45) is 5.41 Å². The lowest BCUT2D eigenvalue weighted by Gasteiger charge is -2.33. The number of rotatable bonds is 6. The molecule has 0 amide bonds. The Kier molecular flexibility index (Phi) is 4.31. The maximum atomic E-state index is 8.98. The van der Waals surface area contributed by atoms with Crippen molar-refractivity contribution in [1.82, 2.24) is 0 Å². The first-order valence-corrected chi connectivity index (χ1v) is 7.20. The number of hydrogen-bond acceptors (Lipinski definition) is 2. The van der Waals surface area contributed by atoms with E-state index >= 15 is 0 Å². The van der Waals surface area contributed by atoms with E-state index in [9.17, 15) is 0 Å². The van der Waals surface area contributed by atoms with Crippen molar-refractivity contribution in [1.29, 1.82) is 0 Å². The van der Waals surface area contributed by atoms with Gasteiger partial charge < -0.3 is 10.4 Å². The van der Waals surface area contributed by atoms with Gasteiger partial charge in [-0.2, -0.15) is 0 Å². The van der Waals surface area contributed by atoms with Gasteiger partial charge in [0.25, 0.3) is 0 Å². The summed E-state index contributed by atoms with van der Waals surface area (Å²) in [6, 6.07) is 8.97. The molecule has 0 bridgehead atoms. The van der Waals surface area contributed by atoms with Gasteiger partial charge in [-0.15, -0.1) is 6.58 Å². The lowest BCUT2D eigenvalue weighted by molar-refractivity contribution is 0.275. The fourth-order valence-corrected chi connectivity index (χ4v) is 3.03. The number of para-hydroxylation sites is 1. The summed E-state index contributed by atoms with van der Waals surface area (Å²) in [5, 5.41) is 12.6. The molecule has 2 N–H and O–H groups in total. The first kappa shape index (κ1) is 14.1. The largest absolute Gasteiger partial charge is 0.396 e. The van der Waals surface area contributed by atoms with Gasteiger partial charge in [0, 0.05) is 29.7 Å². The first-order chi connectivity index (χ1) is 9.10. The van der Waals surface area contributed by atoms with Gasteiger partial charge in [-0.3, -0.25) is 0 Å². The van der Waals surface area contributed by atoms with Gasteiger partial charge in [0.15, 0.2) is 0 Å². The Labute approximate surface area is 116 Å². The Hall–Kier alpha value is -1.28. The lowest BCUT2D eigenvalue weighted by atomic mass is 9.75. The predicted octanol–water partition coefficient (Wildman–Crippen LogP) is 3.94. The van der Waals surface area contributed by atoms with Crippen LogP contribution in [-0.2, 0) is 0 Å². The van der Waals surface area contributed by atoms with Crippen LogP contribution in [0.1, 0.15) is 44.6 Å². The zero-order chi connectivity index (χ0) is 13.9. The quantitative estimate of drug-likeness (QED) is 0.599. The lowest BCUT2D eigenvalue weighted by Crippen LogP contribution is -2.35. The Morgan fingerprint density at radius 3 is 2.74 bits per heavy atom.